The molecule has 107 heavy (non-hydrogen) atoms. The number of fused-ring (bicyclic) bond motifs is 8. The summed E-state index contributed by atoms with van der Waals surface area (Å²) in [5.74, 6) is 1.44. The molecular formula is C94H70BBrN8O2P-. The van der Waals surface area contributed by atoms with E-state index in [1.54, 1.807) is 0 Å². The van der Waals surface area contributed by atoms with Gasteiger partial charge >= 0.3 is 7.12 Å². The molecule has 19 rings (SSSR count). The third-order valence-electron chi connectivity index (χ3n) is 20.1. The second-order valence-corrected chi connectivity index (χ2v) is 28.3. The lowest BCUT2D eigenvalue weighted by Crippen LogP contribution is -2.41. The highest BCUT2D eigenvalue weighted by Gasteiger charge is 2.52. The second kappa shape index (κ2) is 29.8. The van der Waals surface area contributed by atoms with Crippen molar-refractivity contribution < 1.29 is 9.31 Å². The molecule has 0 N–H and O–H groups in total. The summed E-state index contributed by atoms with van der Waals surface area (Å²) in [6.45, 7) is 8.34. The van der Waals surface area contributed by atoms with E-state index in [0.29, 0.717) is 5.82 Å². The molecular weight excluding hydrogens is 1390 g/mol. The number of hydrogen-bond donors (Lipinski definition) is 0. The molecule has 0 atom stereocenters. The van der Waals surface area contributed by atoms with Crippen LogP contribution < -0.4 is 5.46 Å². The van der Waals surface area contributed by atoms with Gasteiger partial charge in [-0.05, 0) is 120 Å². The number of halogens is 1. The molecule has 0 unspecified atom stereocenters. The smallest absolute Gasteiger partial charge is 0.495 e. The van der Waals surface area contributed by atoms with Gasteiger partial charge in [0, 0.05) is 82.9 Å². The molecule has 12 aromatic carbocycles. The molecule has 0 aliphatic carbocycles. The number of pyridine rings is 4. The van der Waals surface area contributed by atoms with Crippen LogP contribution >= 0.6 is 25.8 Å². The summed E-state index contributed by atoms with van der Waals surface area (Å²) in [4.78, 5) is 39.2. The van der Waals surface area contributed by atoms with Gasteiger partial charge in [-0.1, -0.05) is 289 Å². The minimum Gasteiger partial charge on any atom is -0.577 e. The number of hydrogen-bond acceptors (Lipinski definition) is 10. The fraction of sp³-hybridized carbons (Fsp3) is 0.0638. The molecule has 7 heterocycles. The molecule has 0 bridgehead atoms. The molecule has 0 saturated carbocycles. The van der Waals surface area contributed by atoms with Crippen LogP contribution in [-0.4, -0.2) is 58.2 Å². The summed E-state index contributed by atoms with van der Waals surface area (Å²) < 4.78 is 13.8. The van der Waals surface area contributed by atoms with Gasteiger partial charge in [0.1, 0.15) is 0 Å². The van der Waals surface area contributed by atoms with Gasteiger partial charge in [0.2, 0.25) is 0 Å². The zero-order chi connectivity index (χ0) is 71.7. The molecule has 0 amide bonds. The quantitative estimate of drug-likeness (QED) is 0.0743. The molecule has 1 aliphatic rings. The Balaban J connectivity index is 0.000000129. The van der Waals surface area contributed by atoms with Crippen molar-refractivity contribution in [2.45, 2.75) is 38.9 Å². The minimum atomic E-state index is -0.411. The van der Waals surface area contributed by atoms with E-state index < -0.39 is 7.12 Å². The van der Waals surface area contributed by atoms with Crippen LogP contribution in [0, 0.1) is 0 Å². The number of aromatic nitrogens is 8. The first-order valence-corrected chi connectivity index (χ1v) is 36.3. The van der Waals surface area contributed by atoms with Crippen LogP contribution in [0.15, 0.2) is 344 Å². The molecule has 514 valence electrons. The first kappa shape index (κ1) is 69.2. The van der Waals surface area contributed by atoms with Crippen LogP contribution in [0.2, 0.25) is 0 Å². The Morgan fingerprint density at radius 1 is 0.271 bits per heavy atom. The van der Waals surface area contributed by atoms with Crippen LogP contribution in [0.25, 0.3) is 167 Å². The van der Waals surface area contributed by atoms with Crippen molar-refractivity contribution in [1.29, 1.82) is 0 Å². The van der Waals surface area contributed by atoms with Gasteiger partial charge < -0.3 is 19.2 Å². The third-order valence-corrected chi connectivity index (χ3v) is 20.5. The maximum absolute atomic E-state index is 6.36. The lowest BCUT2D eigenvalue weighted by atomic mass is 9.75. The van der Waals surface area contributed by atoms with Crippen LogP contribution in [0.1, 0.15) is 27.7 Å². The zero-order valence-corrected chi connectivity index (χ0v) is 62.0. The van der Waals surface area contributed by atoms with Gasteiger partial charge in [0.25, 0.3) is 0 Å². The molecule has 0 spiro atoms. The third kappa shape index (κ3) is 14.1. The van der Waals surface area contributed by atoms with Gasteiger partial charge in [-0.2, -0.15) is 0 Å². The van der Waals surface area contributed by atoms with E-state index in [9.17, 15) is 0 Å². The molecule has 18 aromatic rings. The monoisotopic (exact) mass is 1460 g/mol. The Morgan fingerprint density at radius 3 is 1.10 bits per heavy atom. The maximum atomic E-state index is 6.36. The predicted octanol–water partition coefficient (Wildman–Crippen LogP) is 23.5. The fourth-order valence-corrected chi connectivity index (χ4v) is 14.3. The maximum Gasteiger partial charge on any atom is 0.495 e. The molecule has 1 saturated heterocycles. The fourth-order valence-electron chi connectivity index (χ4n) is 13.9. The average Bonchev–Trinajstić information content (AvgIpc) is 0.811. The number of rotatable bonds is 10. The topological polar surface area (TPSA) is 122 Å². The Hall–Kier alpha value is -12.1. The van der Waals surface area contributed by atoms with E-state index in [0.717, 1.165) is 165 Å². The molecule has 1 aliphatic heterocycles. The predicted molar refractivity (Wildman–Crippen MR) is 449 cm³/mol. The van der Waals surface area contributed by atoms with E-state index in [1.807, 2.05) is 128 Å². The van der Waals surface area contributed by atoms with Crippen molar-refractivity contribution >= 4 is 104 Å². The first-order chi connectivity index (χ1) is 51.9. The van der Waals surface area contributed by atoms with E-state index in [-0.39, 0.29) is 21.1 Å². The summed E-state index contributed by atoms with van der Waals surface area (Å²) in [7, 11) is -0.411. The van der Waals surface area contributed by atoms with Crippen molar-refractivity contribution in [1.82, 2.24) is 39.9 Å². The van der Waals surface area contributed by atoms with Crippen LogP contribution in [0.4, 0.5) is 0 Å². The lowest BCUT2D eigenvalue weighted by molar-refractivity contribution is 0.00578. The Kier molecular flexibility index (Phi) is 19.3. The van der Waals surface area contributed by atoms with E-state index in [1.165, 1.54) is 5.39 Å². The van der Waals surface area contributed by atoms with E-state index in [4.69, 9.17) is 39.2 Å². The van der Waals surface area contributed by atoms with Crippen LogP contribution in [-0.2, 0) is 9.31 Å². The standard InChI is InChI=1S/C44H28N4.C28H25BN2O2.C22H15BrN2.H2P/c1-3-11-29(12-4-1)40-28-41(48-44(47-40)32-13-5-2-6-14-32)34-16-9-15-33(27-34)35-23-24-38(37-19-8-7-18-36(35)37)39-25-22-31-21-20-30-17-10-26-45-42(30)43(31)46-39;1-27(2)28(3,4)33-29(32-27)23-15-14-22(20-9-5-6-10-21(20)23)24-16-13-19-12-11-18-8-7-17-30-25(18)26(19)31-24;23-19-13-7-12-18(14-19)21-15-20(16-8-3-1-4-9-16)24-22(25-21)17-10-5-2-6-11-17;/h1-28H;5-17H,1-4H3;1-15H;1H2/q;;;-1. The second-order valence-electron chi connectivity index (χ2n) is 27.3. The van der Waals surface area contributed by atoms with E-state index >= 15 is 0 Å². The minimum absolute atomic E-state index is 0. The Morgan fingerprint density at radius 2 is 0.626 bits per heavy atom. The molecule has 13 heteroatoms. The zero-order valence-electron chi connectivity index (χ0n) is 59.3. The number of nitrogens with zero attached hydrogens (tertiary/aromatic N) is 8. The van der Waals surface area contributed by atoms with Crippen molar-refractivity contribution in [3.63, 3.8) is 0 Å². The van der Waals surface area contributed by atoms with Crippen molar-refractivity contribution in [3.8, 4) is 101 Å². The van der Waals surface area contributed by atoms with Gasteiger partial charge in [0.05, 0.1) is 67.4 Å². The summed E-state index contributed by atoms with van der Waals surface area (Å²) in [5.41, 5.74) is 20.1. The van der Waals surface area contributed by atoms with Gasteiger partial charge in [-0.3, -0.25) is 9.97 Å². The summed E-state index contributed by atoms with van der Waals surface area (Å²) in [6.07, 6.45) is 3.66. The van der Waals surface area contributed by atoms with Crippen molar-refractivity contribution in [3.05, 3.63) is 344 Å². The summed E-state index contributed by atoms with van der Waals surface area (Å²) in [6, 6.07) is 112. The highest BCUT2D eigenvalue weighted by atomic mass is 79.9. The average molecular weight is 1470 g/mol. The molecule has 10 nitrogen and oxygen atoms in total. The lowest BCUT2D eigenvalue weighted by Gasteiger charge is -2.32. The highest BCUT2D eigenvalue weighted by Crippen LogP contribution is 2.41. The van der Waals surface area contributed by atoms with E-state index in [2.05, 4.69) is 266 Å². The van der Waals surface area contributed by atoms with Gasteiger partial charge in [-0.25, -0.2) is 29.9 Å². The molecule has 1 fully saturated rings. The Labute approximate surface area is 633 Å². The Bertz CT molecular complexity index is 6200. The SMILES string of the molecule is Brc1cccc(-c2cc(-c3ccccc3)nc(-c3ccccc3)n2)c1.CC1(C)OB(c2ccc(-c3ccc4ccc5cccnc5c4n3)c3ccccc23)OC1(C)C.[PH2-].c1ccc(-c2cc(-c3cccc(-c4ccc(-c5ccc6ccc7cccnc7c6n5)c5ccccc45)c3)nc(-c3ccccc3)n2)cc1. The number of benzene rings is 12. The summed E-state index contributed by atoms with van der Waals surface area (Å²) in [5, 5.41) is 8.92. The van der Waals surface area contributed by atoms with Gasteiger partial charge in [-0.15, -0.1) is 0 Å². The normalized spacial score (nSPS) is 12.9. The van der Waals surface area contributed by atoms with Crippen LogP contribution in [0.5, 0.6) is 0 Å². The van der Waals surface area contributed by atoms with Crippen molar-refractivity contribution in [2.24, 2.45) is 0 Å². The van der Waals surface area contributed by atoms with Crippen LogP contribution in [0.3, 0.4) is 0 Å². The summed E-state index contributed by atoms with van der Waals surface area (Å²) >= 11 is 3.54. The van der Waals surface area contributed by atoms with Gasteiger partial charge in [0.15, 0.2) is 11.6 Å². The molecule has 0 radical (unpaired) electrons. The highest BCUT2D eigenvalue weighted by molar-refractivity contribution is 9.10. The largest absolute Gasteiger partial charge is 0.577 e. The molecule has 6 aromatic heterocycles. The first-order valence-electron chi connectivity index (χ1n) is 35.5. The van der Waals surface area contributed by atoms with Crippen molar-refractivity contribution in [2.75, 3.05) is 0 Å².